The Balaban J connectivity index is 1.80. The van der Waals surface area contributed by atoms with E-state index >= 15 is 0 Å². The Kier molecular flexibility index (Phi) is 5.93. The van der Waals surface area contributed by atoms with E-state index in [0.29, 0.717) is 17.8 Å². The summed E-state index contributed by atoms with van der Waals surface area (Å²) in [5.74, 6) is 0.762. The van der Waals surface area contributed by atoms with E-state index < -0.39 is 0 Å². The molecule has 124 valence electrons. The Morgan fingerprint density at radius 3 is 2.74 bits per heavy atom. The molecular formula is C15H21N5O3. The molecule has 0 radical (unpaired) electrons. The van der Waals surface area contributed by atoms with Gasteiger partial charge in [0.2, 0.25) is 0 Å². The lowest BCUT2D eigenvalue weighted by Gasteiger charge is -2.16. The van der Waals surface area contributed by atoms with Crippen molar-refractivity contribution in [2.45, 2.75) is 19.4 Å². The number of ether oxygens (including phenoxy) is 1. The molecule has 0 aliphatic heterocycles. The van der Waals surface area contributed by atoms with Crippen LogP contribution in [0.3, 0.4) is 0 Å². The normalized spacial score (nSPS) is 11.9. The maximum atomic E-state index is 8.68. The zero-order valence-electron chi connectivity index (χ0n) is 13.3. The van der Waals surface area contributed by atoms with E-state index in [1.165, 1.54) is 5.56 Å². The Morgan fingerprint density at radius 2 is 2.09 bits per heavy atom. The number of hydrogen-bond donors (Lipinski definition) is 2. The number of methoxy groups -OCH3 is 1. The minimum Gasteiger partial charge on any atom is -0.497 e. The summed E-state index contributed by atoms with van der Waals surface area (Å²) in [6.07, 6.45) is 1.49. The molecule has 0 aliphatic carbocycles. The number of oxime groups is 1. The van der Waals surface area contributed by atoms with Gasteiger partial charge in [-0.15, -0.1) is 0 Å². The predicted octanol–water partition coefficient (Wildman–Crippen LogP) is 1.24. The maximum Gasteiger partial charge on any atom is 0.194 e. The Labute approximate surface area is 134 Å². The van der Waals surface area contributed by atoms with Crippen molar-refractivity contribution in [2.75, 3.05) is 20.7 Å². The average molecular weight is 319 g/mol. The highest BCUT2D eigenvalue weighted by atomic mass is 16.6. The van der Waals surface area contributed by atoms with Crippen LogP contribution in [-0.4, -0.2) is 47.0 Å². The maximum absolute atomic E-state index is 8.68. The van der Waals surface area contributed by atoms with Gasteiger partial charge in [-0.05, 0) is 49.3 Å². The second-order valence-electron chi connectivity index (χ2n) is 5.23. The number of rotatable bonds is 8. The Bertz CT molecular complexity index is 639. The number of benzene rings is 1. The molecule has 0 aliphatic rings. The standard InChI is InChI=1S/C15H21N5O3/c1-20(10-11-5-7-12(22-2)8-6-11)9-3-4-13-14(15(16)17-21)19-23-18-13/h5-8,21H,3-4,9-10H2,1-2H3,(H2,16,17). The number of aryl methyl sites for hydroxylation is 1. The Hall–Kier alpha value is -2.61. The second kappa shape index (κ2) is 8.14. The predicted molar refractivity (Wildman–Crippen MR) is 84.5 cm³/mol. The van der Waals surface area contributed by atoms with Gasteiger partial charge in [0.05, 0.1) is 7.11 Å². The number of aromatic nitrogens is 2. The van der Waals surface area contributed by atoms with Crippen LogP contribution in [0.15, 0.2) is 34.1 Å². The molecule has 1 heterocycles. The van der Waals surface area contributed by atoms with Gasteiger partial charge in [0, 0.05) is 6.54 Å². The zero-order chi connectivity index (χ0) is 16.7. The molecule has 8 heteroatoms. The lowest BCUT2D eigenvalue weighted by atomic mass is 10.1. The smallest absolute Gasteiger partial charge is 0.194 e. The first kappa shape index (κ1) is 16.8. The number of amidine groups is 1. The van der Waals surface area contributed by atoms with Crippen molar-refractivity contribution in [3.05, 3.63) is 41.2 Å². The average Bonchev–Trinajstić information content (AvgIpc) is 3.03. The first-order chi connectivity index (χ1) is 11.1. The van der Waals surface area contributed by atoms with Crippen molar-refractivity contribution in [2.24, 2.45) is 10.9 Å². The summed E-state index contributed by atoms with van der Waals surface area (Å²) in [6.45, 7) is 1.71. The van der Waals surface area contributed by atoms with Gasteiger partial charge in [0.1, 0.15) is 11.4 Å². The fraction of sp³-hybridized carbons (Fsp3) is 0.400. The molecule has 23 heavy (non-hydrogen) atoms. The summed E-state index contributed by atoms with van der Waals surface area (Å²) in [6, 6.07) is 8.00. The lowest BCUT2D eigenvalue weighted by molar-refractivity contribution is 0.297. The summed E-state index contributed by atoms with van der Waals surface area (Å²) < 4.78 is 9.79. The van der Waals surface area contributed by atoms with Crippen LogP contribution in [-0.2, 0) is 13.0 Å². The van der Waals surface area contributed by atoms with Crippen molar-refractivity contribution in [1.82, 2.24) is 15.2 Å². The van der Waals surface area contributed by atoms with Crippen LogP contribution in [0.5, 0.6) is 5.75 Å². The Morgan fingerprint density at radius 1 is 1.35 bits per heavy atom. The zero-order valence-corrected chi connectivity index (χ0v) is 13.3. The summed E-state index contributed by atoms with van der Waals surface area (Å²) >= 11 is 0. The summed E-state index contributed by atoms with van der Waals surface area (Å²) in [4.78, 5) is 2.21. The lowest BCUT2D eigenvalue weighted by Crippen LogP contribution is -2.20. The van der Waals surface area contributed by atoms with Gasteiger partial charge in [-0.2, -0.15) is 0 Å². The fourth-order valence-electron chi connectivity index (χ4n) is 2.25. The molecule has 0 saturated carbocycles. The number of nitrogens with two attached hydrogens (primary N) is 1. The van der Waals surface area contributed by atoms with E-state index in [4.69, 9.17) is 15.7 Å². The van der Waals surface area contributed by atoms with E-state index in [0.717, 1.165) is 25.3 Å². The van der Waals surface area contributed by atoms with Gasteiger partial charge < -0.3 is 20.6 Å². The number of nitrogens with zero attached hydrogens (tertiary/aromatic N) is 4. The van der Waals surface area contributed by atoms with E-state index in [1.54, 1.807) is 7.11 Å². The third-order valence-electron chi connectivity index (χ3n) is 3.47. The molecule has 0 amide bonds. The topological polar surface area (TPSA) is 110 Å². The first-order valence-electron chi connectivity index (χ1n) is 7.25. The minimum atomic E-state index is -0.0900. The fourth-order valence-corrected chi connectivity index (χ4v) is 2.25. The van der Waals surface area contributed by atoms with Crippen LogP contribution in [0.25, 0.3) is 0 Å². The quantitative estimate of drug-likeness (QED) is 0.326. The molecule has 0 spiro atoms. The van der Waals surface area contributed by atoms with Gasteiger partial charge in [-0.3, -0.25) is 0 Å². The molecule has 0 atom stereocenters. The molecule has 3 N–H and O–H groups in total. The van der Waals surface area contributed by atoms with Crippen LogP contribution in [0.1, 0.15) is 23.4 Å². The molecule has 8 nitrogen and oxygen atoms in total. The molecule has 0 unspecified atom stereocenters. The van der Waals surface area contributed by atoms with E-state index in [-0.39, 0.29) is 5.84 Å². The molecule has 0 bridgehead atoms. The van der Waals surface area contributed by atoms with Gasteiger partial charge in [0.15, 0.2) is 11.5 Å². The third-order valence-corrected chi connectivity index (χ3v) is 3.47. The molecule has 0 fully saturated rings. The monoisotopic (exact) mass is 319 g/mol. The van der Waals surface area contributed by atoms with Crippen molar-refractivity contribution >= 4 is 5.84 Å². The van der Waals surface area contributed by atoms with E-state index in [9.17, 15) is 0 Å². The van der Waals surface area contributed by atoms with Crippen molar-refractivity contribution in [1.29, 1.82) is 0 Å². The molecular weight excluding hydrogens is 298 g/mol. The van der Waals surface area contributed by atoms with Gasteiger partial charge in [-0.25, -0.2) is 4.63 Å². The highest BCUT2D eigenvalue weighted by Gasteiger charge is 2.14. The van der Waals surface area contributed by atoms with Crippen LogP contribution in [0, 0.1) is 0 Å². The molecule has 1 aromatic heterocycles. The minimum absolute atomic E-state index is 0.0900. The second-order valence-corrected chi connectivity index (χ2v) is 5.23. The molecule has 2 aromatic rings. The van der Waals surface area contributed by atoms with E-state index in [2.05, 4.69) is 32.0 Å². The molecule has 2 rings (SSSR count). The number of hydrogen-bond acceptors (Lipinski definition) is 7. The van der Waals surface area contributed by atoms with Crippen LogP contribution in [0.2, 0.25) is 0 Å². The highest BCUT2D eigenvalue weighted by molar-refractivity contribution is 5.95. The van der Waals surface area contributed by atoms with Crippen molar-refractivity contribution < 1.29 is 14.6 Å². The van der Waals surface area contributed by atoms with Gasteiger partial charge >= 0.3 is 0 Å². The van der Waals surface area contributed by atoms with Crippen LogP contribution in [0.4, 0.5) is 0 Å². The third kappa shape index (κ3) is 4.68. The molecule has 1 aromatic carbocycles. The van der Waals surface area contributed by atoms with E-state index in [1.807, 2.05) is 24.3 Å². The summed E-state index contributed by atoms with van der Waals surface area (Å²) in [5.41, 5.74) is 7.62. The van der Waals surface area contributed by atoms with Crippen LogP contribution < -0.4 is 10.5 Å². The SMILES string of the molecule is COc1ccc(CN(C)CCCc2nonc2/C(N)=N/O)cc1. The van der Waals surface area contributed by atoms with Crippen molar-refractivity contribution in [3.8, 4) is 5.75 Å². The largest absolute Gasteiger partial charge is 0.497 e. The van der Waals surface area contributed by atoms with Gasteiger partial charge in [-0.1, -0.05) is 22.4 Å². The van der Waals surface area contributed by atoms with Crippen molar-refractivity contribution in [3.63, 3.8) is 0 Å². The summed E-state index contributed by atoms with van der Waals surface area (Å²) in [7, 11) is 3.71. The first-order valence-corrected chi connectivity index (χ1v) is 7.25. The molecule has 0 saturated heterocycles. The highest BCUT2D eigenvalue weighted by Crippen LogP contribution is 2.13. The van der Waals surface area contributed by atoms with Crippen LogP contribution >= 0.6 is 0 Å². The summed E-state index contributed by atoms with van der Waals surface area (Å²) in [5, 5.41) is 19.0. The van der Waals surface area contributed by atoms with Gasteiger partial charge in [0.25, 0.3) is 0 Å².